The monoisotopic (exact) mass is 309 g/mol. The first kappa shape index (κ1) is 15.4. The number of ether oxygens (including phenoxy) is 4. The van der Waals surface area contributed by atoms with Gasteiger partial charge in [-0.2, -0.15) is 0 Å². The molecule has 2 heterocycles. The topological polar surface area (TPSA) is 60.4 Å². The minimum Gasteiger partial charge on any atom is -0.491 e. The molecule has 0 bridgehead atoms. The Morgan fingerprint density at radius 3 is 3.00 bits per heavy atom. The summed E-state index contributed by atoms with van der Waals surface area (Å²) in [7, 11) is 0. The summed E-state index contributed by atoms with van der Waals surface area (Å²) >= 11 is 0. The third-order valence-corrected chi connectivity index (χ3v) is 3.97. The molecule has 0 aromatic heterocycles. The average molecular weight is 309 g/mol. The molecule has 2 aliphatic heterocycles. The molecule has 1 fully saturated rings. The fourth-order valence-corrected chi connectivity index (χ4v) is 2.71. The van der Waals surface area contributed by atoms with Crippen LogP contribution in [0.25, 0.3) is 0 Å². The Balaban J connectivity index is 1.48. The molecule has 3 atom stereocenters. The highest BCUT2D eigenvalue weighted by atomic mass is 16.7. The van der Waals surface area contributed by atoms with Gasteiger partial charge in [-0.05, 0) is 26.0 Å². The summed E-state index contributed by atoms with van der Waals surface area (Å²) in [4.78, 5) is 2.24. The van der Waals surface area contributed by atoms with Crippen molar-refractivity contribution in [3.63, 3.8) is 0 Å². The average Bonchev–Trinajstić information content (AvgIpc) is 2.96. The molecule has 1 N–H and O–H groups in total. The van der Waals surface area contributed by atoms with Crippen LogP contribution >= 0.6 is 0 Å². The molecule has 0 spiro atoms. The lowest BCUT2D eigenvalue weighted by molar-refractivity contribution is -0.0650. The molecular formula is C16H23NO5. The quantitative estimate of drug-likeness (QED) is 0.884. The lowest BCUT2D eigenvalue weighted by Crippen LogP contribution is -2.50. The largest absolute Gasteiger partial charge is 0.491 e. The molecule has 1 aromatic carbocycles. The highest BCUT2D eigenvalue weighted by Gasteiger charge is 2.25. The lowest BCUT2D eigenvalue weighted by Gasteiger charge is -2.37. The zero-order valence-corrected chi connectivity index (χ0v) is 13.0. The van der Waals surface area contributed by atoms with Crippen LogP contribution in [0.5, 0.6) is 17.2 Å². The molecule has 22 heavy (non-hydrogen) atoms. The molecule has 122 valence electrons. The molecule has 6 nitrogen and oxygen atoms in total. The van der Waals surface area contributed by atoms with Gasteiger partial charge in [-0.15, -0.1) is 0 Å². The van der Waals surface area contributed by atoms with Crippen molar-refractivity contribution in [1.29, 1.82) is 0 Å². The van der Waals surface area contributed by atoms with Gasteiger partial charge in [0.2, 0.25) is 6.79 Å². The van der Waals surface area contributed by atoms with Crippen LogP contribution in [0.3, 0.4) is 0 Å². The number of fused-ring (bicyclic) bond motifs is 1. The van der Waals surface area contributed by atoms with Gasteiger partial charge in [-0.3, -0.25) is 4.90 Å². The fraction of sp³-hybridized carbons (Fsp3) is 0.625. The highest BCUT2D eigenvalue weighted by Crippen LogP contribution is 2.35. The van der Waals surface area contributed by atoms with Crippen molar-refractivity contribution in [2.45, 2.75) is 32.1 Å². The van der Waals surface area contributed by atoms with Gasteiger partial charge in [0, 0.05) is 25.2 Å². The van der Waals surface area contributed by atoms with Crippen molar-refractivity contribution < 1.29 is 24.1 Å². The van der Waals surface area contributed by atoms with E-state index in [1.165, 1.54) is 0 Å². The minimum absolute atomic E-state index is 0.207. The first-order valence-electron chi connectivity index (χ1n) is 7.68. The number of hydrogen-bond donors (Lipinski definition) is 1. The predicted molar refractivity (Wildman–Crippen MR) is 80.5 cm³/mol. The number of morpholine rings is 1. The summed E-state index contributed by atoms with van der Waals surface area (Å²) in [6.45, 7) is 6.77. The summed E-state index contributed by atoms with van der Waals surface area (Å²) in [5.74, 6) is 2.08. The van der Waals surface area contributed by atoms with E-state index in [1.54, 1.807) is 6.07 Å². The van der Waals surface area contributed by atoms with E-state index in [9.17, 15) is 5.11 Å². The van der Waals surface area contributed by atoms with Crippen LogP contribution < -0.4 is 14.2 Å². The second-order valence-corrected chi connectivity index (χ2v) is 5.93. The van der Waals surface area contributed by atoms with Crippen LogP contribution in [0.2, 0.25) is 0 Å². The summed E-state index contributed by atoms with van der Waals surface area (Å²) in [6.07, 6.45) is -0.337. The van der Waals surface area contributed by atoms with Crippen LogP contribution in [0.1, 0.15) is 13.8 Å². The zero-order chi connectivity index (χ0) is 15.5. The SMILES string of the molecule is C[C@@H]1CN(C[C@@H](O)COc2ccc3c(c2)OCO3)[C@@H](C)CO1. The molecule has 0 amide bonds. The number of β-amino-alcohol motifs (C(OH)–C–C–N with tert-alkyl or cyclic N) is 1. The van der Waals surface area contributed by atoms with Crippen molar-refractivity contribution in [3.05, 3.63) is 18.2 Å². The number of benzene rings is 1. The predicted octanol–water partition coefficient (Wildman–Crippen LogP) is 1.26. The first-order valence-corrected chi connectivity index (χ1v) is 7.68. The maximum Gasteiger partial charge on any atom is 0.231 e. The Hall–Kier alpha value is -1.50. The maximum atomic E-state index is 10.2. The Morgan fingerprint density at radius 2 is 2.14 bits per heavy atom. The molecule has 2 aliphatic rings. The van der Waals surface area contributed by atoms with Gasteiger partial charge >= 0.3 is 0 Å². The normalized spacial score (nSPS) is 26.0. The highest BCUT2D eigenvalue weighted by molar-refractivity contribution is 5.46. The van der Waals surface area contributed by atoms with Gasteiger partial charge in [0.25, 0.3) is 0 Å². The van der Waals surface area contributed by atoms with Gasteiger partial charge < -0.3 is 24.1 Å². The van der Waals surface area contributed by atoms with Crippen molar-refractivity contribution >= 4 is 0 Å². The fourth-order valence-electron chi connectivity index (χ4n) is 2.71. The van der Waals surface area contributed by atoms with Gasteiger partial charge in [0.05, 0.1) is 12.7 Å². The van der Waals surface area contributed by atoms with Gasteiger partial charge in [0.15, 0.2) is 11.5 Å². The zero-order valence-electron chi connectivity index (χ0n) is 13.0. The lowest BCUT2D eigenvalue weighted by atomic mass is 10.2. The molecular weight excluding hydrogens is 286 g/mol. The second kappa shape index (κ2) is 6.73. The van der Waals surface area contributed by atoms with E-state index in [4.69, 9.17) is 18.9 Å². The summed E-state index contributed by atoms with van der Waals surface area (Å²) in [5, 5.41) is 10.2. The van der Waals surface area contributed by atoms with Crippen LogP contribution in [-0.2, 0) is 4.74 Å². The van der Waals surface area contributed by atoms with E-state index in [1.807, 2.05) is 19.1 Å². The molecule has 0 saturated carbocycles. The summed E-state index contributed by atoms with van der Waals surface area (Å²) in [6, 6.07) is 5.74. The standard InChI is InChI=1S/C16H23NO5/c1-11-8-19-12(2)6-17(11)7-13(18)9-20-14-3-4-15-16(5-14)22-10-21-15/h3-5,11-13,18H,6-10H2,1-2H3/t11-,12+,13+/m0/s1. The van der Waals surface area contributed by atoms with E-state index < -0.39 is 6.10 Å². The first-order chi connectivity index (χ1) is 10.6. The molecule has 6 heteroatoms. The number of rotatable bonds is 5. The molecule has 0 radical (unpaired) electrons. The van der Waals surface area contributed by atoms with Crippen molar-refractivity contribution in [2.75, 3.05) is 33.1 Å². The molecule has 0 aliphatic carbocycles. The van der Waals surface area contributed by atoms with E-state index >= 15 is 0 Å². The van der Waals surface area contributed by atoms with Crippen molar-refractivity contribution in [2.24, 2.45) is 0 Å². The maximum absolute atomic E-state index is 10.2. The third kappa shape index (κ3) is 3.63. The number of aliphatic hydroxyl groups is 1. The third-order valence-electron chi connectivity index (χ3n) is 3.97. The van der Waals surface area contributed by atoms with E-state index in [2.05, 4.69) is 11.8 Å². The Labute approximate surface area is 130 Å². The Kier molecular flexibility index (Phi) is 4.71. The van der Waals surface area contributed by atoms with Gasteiger partial charge in [-0.25, -0.2) is 0 Å². The molecule has 1 saturated heterocycles. The van der Waals surface area contributed by atoms with Crippen LogP contribution in [0.15, 0.2) is 18.2 Å². The van der Waals surface area contributed by atoms with E-state index in [-0.39, 0.29) is 19.5 Å². The molecule has 1 aromatic rings. The number of hydrogen-bond acceptors (Lipinski definition) is 6. The van der Waals surface area contributed by atoms with Crippen LogP contribution in [0.4, 0.5) is 0 Å². The number of aliphatic hydroxyl groups excluding tert-OH is 1. The van der Waals surface area contributed by atoms with Gasteiger partial charge in [0.1, 0.15) is 18.5 Å². The van der Waals surface area contributed by atoms with Crippen LogP contribution in [0, 0.1) is 0 Å². The molecule has 0 unspecified atom stereocenters. The summed E-state index contributed by atoms with van der Waals surface area (Å²) < 4.78 is 21.8. The minimum atomic E-state index is -0.543. The smallest absolute Gasteiger partial charge is 0.231 e. The number of nitrogens with zero attached hydrogens (tertiary/aromatic N) is 1. The van der Waals surface area contributed by atoms with Crippen molar-refractivity contribution in [1.82, 2.24) is 4.90 Å². The Morgan fingerprint density at radius 1 is 1.32 bits per heavy atom. The Bertz CT molecular complexity index is 509. The van der Waals surface area contributed by atoms with Gasteiger partial charge in [-0.1, -0.05) is 0 Å². The van der Waals surface area contributed by atoms with Crippen LogP contribution in [-0.4, -0.2) is 61.4 Å². The van der Waals surface area contributed by atoms with E-state index in [0.29, 0.717) is 30.7 Å². The van der Waals surface area contributed by atoms with Crippen molar-refractivity contribution in [3.8, 4) is 17.2 Å². The summed E-state index contributed by atoms with van der Waals surface area (Å²) in [5.41, 5.74) is 0. The van der Waals surface area contributed by atoms with E-state index in [0.717, 1.165) is 12.3 Å². The second-order valence-electron chi connectivity index (χ2n) is 5.93. The molecule has 3 rings (SSSR count).